The maximum atomic E-state index is 12.8. The van der Waals surface area contributed by atoms with Gasteiger partial charge in [-0.2, -0.15) is 4.31 Å². The Balaban J connectivity index is 1.56. The lowest BCUT2D eigenvalue weighted by Crippen LogP contribution is -2.31. The van der Waals surface area contributed by atoms with Gasteiger partial charge in [-0.05, 0) is 37.1 Å². The Hall–Kier alpha value is -1.69. The molecular formula is C17H23N5O3S3. The minimum Gasteiger partial charge on any atom is -0.363 e. The van der Waals surface area contributed by atoms with Crippen molar-refractivity contribution in [3.63, 3.8) is 0 Å². The minimum atomic E-state index is -3.48. The molecule has 0 spiro atoms. The fourth-order valence-electron chi connectivity index (χ4n) is 2.83. The maximum absolute atomic E-state index is 12.8. The van der Waals surface area contributed by atoms with Crippen LogP contribution in [0.2, 0.25) is 0 Å². The standard InChI is InChI=1S/C17H23N5O3S3/c1-18-16-20-21-17(27-16)26-12-15(23)19-13-6-8-14(9-7-13)28(24,25)22-10-4-2-3-5-11-22/h6-9H,2-5,10-12H2,1H3,(H,18,20)(H,19,23). The number of carbonyl (C=O) groups is 1. The van der Waals surface area contributed by atoms with Crippen LogP contribution in [0.15, 0.2) is 33.5 Å². The molecule has 0 radical (unpaired) electrons. The monoisotopic (exact) mass is 441 g/mol. The topological polar surface area (TPSA) is 104 Å². The lowest BCUT2D eigenvalue weighted by Gasteiger charge is -2.20. The van der Waals surface area contributed by atoms with E-state index in [2.05, 4.69) is 20.8 Å². The van der Waals surface area contributed by atoms with Gasteiger partial charge >= 0.3 is 0 Å². The Bertz CT molecular complexity index is 891. The first-order valence-electron chi connectivity index (χ1n) is 9.03. The van der Waals surface area contributed by atoms with Gasteiger partial charge in [0.2, 0.25) is 21.1 Å². The molecule has 1 fully saturated rings. The second kappa shape index (κ2) is 9.68. The van der Waals surface area contributed by atoms with E-state index in [1.807, 2.05) is 0 Å². The van der Waals surface area contributed by atoms with E-state index in [-0.39, 0.29) is 16.6 Å². The molecule has 0 unspecified atom stereocenters. The maximum Gasteiger partial charge on any atom is 0.243 e. The number of nitrogens with one attached hydrogen (secondary N) is 2. The van der Waals surface area contributed by atoms with Gasteiger partial charge in [-0.3, -0.25) is 4.79 Å². The van der Waals surface area contributed by atoms with Gasteiger partial charge in [0.1, 0.15) is 0 Å². The molecule has 0 saturated carbocycles. The number of benzene rings is 1. The van der Waals surface area contributed by atoms with Crippen LogP contribution in [-0.4, -0.2) is 54.7 Å². The van der Waals surface area contributed by atoms with Gasteiger partial charge in [-0.25, -0.2) is 8.42 Å². The van der Waals surface area contributed by atoms with Gasteiger partial charge in [0.05, 0.1) is 10.6 Å². The third kappa shape index (κ3) is 5.43. The summed E-state index contributed by atoms with van der Waals surface area (Å²) < 4.78 is 27.8. The van der Waals surface area contributed by atoms with Crippen LogP contribution in [0.1, 0.15) is 25.7 Å². The highest BCUT2D eigenvalue weighted by atomic mass is 32.2. The molecule has 152 valence electrons. The highest BCUT2D eigenvalue weighted by molar-refractivity contribution is 8.01. The molecule has 0 bridgehead atoms. The van der Waals surface area contributed by atoms with Crippen LogP contribution in [-0.2, 0) is 14.8 Å². The van der Waals surface area contributed by atoms with Gasteiger partial charge < -0.3 is 10.6 Å². The lowest BCUT2D eigenvalue weighted by atomic mass is 10.2. The Morgan fingerprint density at radius 2 is 1.82 bits per heavy atom. The van der Waals surface area contributed by atoms with Crippen molar-refractivity contribution in [2.75, 3.05) is 36.5 Å². The molecule has 1 amide bonds. The molecule has 1 aliphatic heterocycles. The molecule has 1 aromatic carbocycles. The highest BCUT2D eigenvalue weighted by Crippen LogP contribution is 2.25. The first-order valence-corrected chi connectivity index (χ1v) is 12.3. The average molecular weight is 442 g/mol. The summed E-state index contributed by atoms with van der Waals surface area (Å²) in [5.41, 5.74) is 0.564. The summed E-state index contributed by atoms with van der Waals surface area (Å²) in [5.74, 6) is 0.0148. The SMILES string of the molecule is CNc1nnc(SCC(=O)Nc2ccc(S(=O)(=O)N3CCCCCC3)cc2)s1. The number of sulfonamides is 1. The van der Waals surface area contributed by atoms with Crippen LogP contribution in [0.3, 0.4) is 0 Å². The first kappa shape index (κ1) is 21.0. The fraction of sp³-hybridized carbons (Fsp3) is 0.471. The minimum absolute atomic E-state index is 0.186. The second-order valence-electron chi connectivity index (χ2n) is 6.30. The van der Waals surface area contributed by atoms with E-state index in [1.165, 1.54) is 23.1 Å². The number of aromatic nitrogens is 2. The summed E-state index contributed by atoms with van der Waals surface area (Å²) in [5, 5.41) is 14.3. The molecule has 0 aliphatic carbocycles. The Morgan fingerprint density at radius 1 is 1.14 bits per heavy atom. The zero-order chi connectivity index (χ0) is 20.0. The van der Waals surface area contributed by atoms with Crippen molar-refractivity contribution < 1.29 is 13.2 Å². The van der Waals surface area contributed by atoms with E-state index < -0.39 is 10.0 Å². The van der Waals surface area contributed by atoms with Crippen LogP contribution in [0.25, 0.3) is 0 Å². The van der Waals surface area contributed by atoms with Crippen LogP contribution >= 0.6 is 23.1 Å². The van der Waals surface area contributed by atoms with Crippen molar-refractivity contribution >= 4 is 49.8 Å². The molecule has 8 nitrogen and oxygen atoms in total. The van der Waals surface area contributed by atoms with Gasteiger partial charge in [-0.15, -0.1) is 10.2 Å². The third-order valence-electron chi connectivity index (χ3n) is 4.29. The number of rotatable bonds is 7. The van der Waals surface area contributed by atoms with Crippen LogP contribution in [0.4, 0.5) is 10.8 Å². The molecular weight excluding hydrogens is 418 g/mol. The summed E-state index contributed by atoms with van der Waals surface area (Å²) in [7, 11) is -1.72. The van der Waals surface area contributed by atoms with Crippen molar-refractivity contribution in [3.05, 3.63) is 24.3 Å². The number of thioether (sulfide) groups is 1. The second-order valence-corrected chi connectivity index (χ2v) is 10.4. The number of hydrogen-bond donors (Lipinski definition) is 2. The third-order valence-corrected chi connectivity index (χ3v) is 8.27. The van der Waals surface area contributed by atoms with Crippen LogP contribution in [0, 0.1) is 0 Å². The zero-order valence-corrected chi connectivity index (χ0v) is 18.0. The predicted octanol–water partition coefficient (Wildman–Crippen LogP) is 2.88. The number of anilines is 2. The van der Waals surface area contributed by atoms with E-state index in [9.17, 15) is 13.2 Å². The summed E-state index contributed by atoms with van der Waals surface area (Å²) in [6.45, 7) is 1.14. The van der Waals surface area contributed by atoms with Crippen molar-refractivity contribution in [1.29, 1.82) is 0 Å². The van der Waals surface area contributed by atoms with Crippen LogP contribution in [0.5, 0.6) is 0 Å². The number of nitrogens with zero attached hydrogens (tertiary/aromatic N) is 3. The van der Waals surface area contributed by atoms with E-state index in [0.717, 1.165) is 25.7 Å². The smallest absolute Gasteiger partial charge is 0.243 e. The van der Waals surface area contributed by atoms with E-state index >= 15 is 0 Å². The van der Waals surface area contributed by atoms with Gasteiger partial charge in [0, 0.05) is 25.8 Å². The molecule has 1 saturated heterocycles. The number of hydrogen-bond acceptors (Lipinski definition) is 8. The summed E-state index contributed by atoms with van der Waals surface area (Å²) in [4.78, 5) is 12.4. The number of amides is 1. The molecule has 1 aliphatic rings. The van der Waals surface area contributed by atoms with E-state index in [0.29, 0.717) is 28.2 Å². The molecule has 2 aromatic rings. The molecule has 2 heterocycles. The largest absolute Gasteiger partial charge is 0.363 e. The molecule has 2 N–H and O–H groups in total. The van der Waals surface area contributed by atoms with Gasteiger partial charge in [-0.1, -0.05) is 35.9 Å². The normalized spacial score (nSPS) is 15.8. The molecule has 11 heteroatoms. The van der Waals surface area contributed by atoms with Crippen molar-refractivity contribution in [3.8, 4) is 0 Å². The number of carbonyl (C=O) groups excluding carboxylic acids is 1. The highest BCUT2D eigenvalue weighted by Gasteiger charge is 2.25. The Labute approximate surface area is 173 Å². The molecule has 1 aromatic heterocycles. The summed E-state index contributed by atoms with van der Waals surface area (Å²) in [6.07, 6.45) is 3.94. The Morgan fingerprint density at radius 3 is 2.43 bits per heavy atom. The van der Waals surface area contributed by atoms with Gasteiger partial charge in [0.15, 0.2) is 4.34 Å². The van der Waals surface area contributed by atoms with Gasteiger partial charge in [0.25, 0.3) is 0 Å². The van der Waals surface area contributed by atoms with Crippen LogP contribution < -0.4 is 10.6 Å². The molecule has 3 rings (SSSR count). The molecule has 0 atom stereocenters. The van der Waals surface area contributed by atoms with Crippen molar-refractivity contribution in [2.24, 2.45) is 0 Å². The predicted molar refractivity (Wildman–Crippen MR) is 112 cm³/mol. The molecule has 28 heavy (non-hydrogen) atoms. The quantitative estimate of drug-likeness (QED) is 0.637. The van der Waals surface area contributed by atoms with Crippen molar-refractivity contribution in [2.45, 2.75) is 34.9 Å². The summed E-state index contributed by atoms with van der Waals surface area (Å²) >= 11 is 2.68. The van der Waals surface area contributed by atoms with E-state index in [4.69, 9.17) is 0 Å². The van der Waals surface area contributed by atoms with Crippen molar-refractivity contribution in [1.82, 2.24) is 14.5 Å². The Kier molecular flexibility index (Phi) is 7.27. The summed E-state index contributed by atoms with van der Waals surface area (Å²) in [6, 6.07) is 6.34. The fourth-order valence-corrected chi connectivity index (χ4v) is 5.86. The average Bonchev–Trinajstić information content (AvgIpc) is 2.97. The van der Waals surface area contributed by atoms with E-state index in [1.54, 1.807) is 35.6 Å². The lowest BCUT2D eigenvalue weighted by molar-refractivity contribution is -0.113. The zero-order valence-electron chi connectivity index (χ0n) is 15.6. The first-order chi connectivity index (χ1) is 13.5.